The predicted octanol–water partition coefficient (Wildman–Crippen LogP) is 2.47. The molecule has 2 nitrogen and oxygen atoms in total. The summed E-state index contributed by atoms with van der Waals surface area (Å²) in [7, 11) is 0. The van der Waals surface area contributed by atoms with Crippen LogP contribution in [0.5, 0.6) is 0 Å². The molecule has 0 aromatic heterocycles. The Morgan fingerprint density at radius 3 is 2.56 bits per heavy atom. The first-order valence-electron chi connectivity index (χ1n) is 7.17. The first-order chi connectivity index (χ1) is 8.66. The van der Waals surface area contributed by atoms with Crippen molar-refractivity contribution >= 4 is 0 Å². The maximum absolute atomic E-state index is 3.44. The van der Waals surface area contributed by atoms with Gasteiger partial charge in [-0.15, -0.1) is 0 Å². The van der Waals surface area contributed by atoms with Crippen LogP contribution in [0.15, 0.2) is 24.3 Å². The lowest BCUT2D eigenvalue weighted by molar-refractivity contribution is 0.136. The fourth-order valence-electron chi connectivity index (χ4n) is 2.88. The van der Waals surface area contributed by atoms with Gasteiger partial charge >= 0.3 is 0 Å². The quantitative estimate of drug-likeness (QED) is 0.878. The number of hydrogen-bond acceptors (Lipinski definition) is 2. The van der Waals surface area contributed by atoms with Crippen LogP contribution in [-0.4, -0.2) is 37.1 Å². The van der Waals surface area contributed by atoms with E-state index in [1.165, 1.54) is 30.6 Å². The molecule has 1 heterocycles. The Bertz CT molecular complexity index is 367. The second kappa shape index (κ2) is 6.35. The maximum atomic E-state index is 3.44. The van der Waals surface area contributed by atoms with Crippen LogP contribution in [0.3, 0.4) is 0 Å². The van der Waals surface area contributed by atoms with E-state index in [1.54, 1.807) is 0 Å². The van der Waals surface area contributed by atoms with Gasteiger partial charge in [0.15, 0.2) is 0 Å². The maximum Gasteiger partial charge on any atom is 0.0160 e. The molecule has 1 saturated heterocycles. The van der Waals surface area contributed by atoms with Crippen molar-refractivity contribution in [2.45, 2.75) is 33.2 Å². The van der Waals surface area contributed by atoms with Crippen LogP contribution in [-0.2, 0) is 6.42 Å². The van der Waals surface area contributed by atoms with Crippen LogP contribution < -0.4 is 5.32 Å². The molecule has 1 fully saturated rings. The van der Waals surface area contributed by atoms with Gasteiger partial charge in [-0.05, 0) is 24.8 Å². The second-order valence-corrected chi connectivity index (χ2v) is 5.79. The normalized spacial score (nSPS) is 19.1. The molecule has 1 aromatic carbocycles. The van der Waals surface area contributed by atoms with Gasteiger partial charge in [0.2, 0.25) is 0 Å². The number of benzene rings is 1. The van der Waals surface area contributed by atoms with E-state index < -0.39 is 0 Å². The van der Waals surface area contributed by atoms with E-state index in [9.17, 15) is 0 Å². The number of nitrogens with zero attached hydrogens (tertiary/aromatic N) is 1. The lowest BCUT2D eigenvalue weighted by Gasteiger charge is -2.37. The van der Waals surface area contributed by atoms with Crippen LogP contribution >= 0.6 is 0 Å². The monoisotopic (exact) mass is 246 g/mol. The van der Waals surface area contributed by atoms with Crippen LogP contribution in [0.25, 0.3) is 0 Å². The third kappa shape index (κ3) is 3.56. The molecule has 0 bridgehead atoms. The molecule has 0 aliphatic carbocycles. The van der Waals surface area contributed by atoms with E-state index >= 15 is 0 Å². The van der Waals surface area contributed by atoms with Gasteiger partial charge in [0.05, 0.1) is 0 Å². The van der Waals surface area contributed by atoms with Crippen LogP contribution in [0, 0.1) is 12.8 Å². The summed E-state index contributed by atoms with van der Waals surface area (Å²) >= 11 is 0. The van der Waals surface area contributed by atoms with Crippen molar-refractivity contribution in [3.05, 3.63) is 35.4 Å². The molecular weight excluding hydrogens is 220 g/mol. The molecule has 1 N–H and O–H groups in total. The summed E-state index contributed by atoms with van der Waals surface area (Å²) in [6.07, 6.45) is 1.18. The van der Waals surface area contributed by atoms with Gasteiger partial charge in [-0.25, -0.2) is 0 Å². The second-order valence-electron chi connectivity index (χ2n) is 5.79. The highest BCUT2D eigenvalue weighted by molar-refractivity contribution is 5.23. The summed E-state index contributed by atoms with van der Waals surface area (Å²) in [6, 6.07) is 9.63. The van der Waals surface area contributed by atoms with E-state index in [0.717, 1.165) is 13.1 Å². The molecule has 0 amide bonds. The minimum Gasteiger partial charge on any atom is -0.314 e. The zero-order valence-corrected chi connectivity index (χ0v) is 11.9. The van der Waals surface area contributed by atoms with Crippen molar-refractivity contribution in [1.82, 2.24) is 10.2 Å². The molecule has 2 heteroatoms. The highest BCUT2D eigenvalue weighted by atomic mass is 15.2. The molecule has 0 spiro atoms. The van der Waals surface area contributed by atoms with Gasteiger partial charge in [0.25, 0.3) is 0 Å². The highest BCUT2D eigenvalue weighted by Gasteiger charge is 2.23. The van der Waals surface area contributed by atoms with Gasteiger partial charge in [-0.3, -0.25) is 4.90 Å². The molecule has 1 aromatic rings. The molecular formula is C16H26N2. The Morgan fingerprint density at radius 2 is 1.94 bits per heavy atom. The Hall–Kier alpha value is -0.860. The van der Waals surface area contributed by atoms with Gasteiger partial charge in [0, 0.05) is 32.2 Å². The predicted molar refractivity (Wildman–Crippen MR) is 78.0 cm³/mol. The molecule has 1 unspecified atom stereocenters. The van der Waals surface area contributed by atoms with E-state index in [0.29, 0.717) is 12.0 Å². The highest BCUT2D eigenvalue weighted by Crippen LogP contribution is 2.18. The molecule has 2 rings (SSSR count). The Balaban J connectivity index is 2.05. The number of nitrogens with one attached hydrogen (secondary N) is 1. The molecule has 1 aliphatic rings. The fraction of sp³-hybridized carbons (Fsp3) is 0.625. The molecule has 0 radical (unpaired) electrons. The van der Waals surface area contributed by atoms with Gasteiger partial charge in [-0.2, -0.15) is 0 Å². The first kappa shape index (κ1) is 13.6. The number of piperazine rings is 1. The molecule has 100 valence electrons. The third-order valence-electron chi connectivity index (χ3n) is 3.92. The van der Waals surface area contributed by atoms with Crippen molar-refractivity contribution in [1.29, 1.82) is 0 Å². The third-order valence-corrected chi connectivity index (χ3v) is 3.92. The smallest absolute Gasteiger partial charge is 0.0160 e. The molecule has 1 aliphatic heterocycles. The van der Waals surface area contributed by atoms with Crippen LogP contribution in [0.2, 0.25) is 0 Å². The van der Waals surface area contributed by atoms with Crippen LogP contribution in [0.1, 0.15) is 25.0 Å². The largest absolute Gasteiger partial charge is 0.314 e. The SMILES string of the molecule is Cc1cccc(CC(C(C)C)N2CCNCC2)c1. The zero-order chi connectivity index (χ0) is 13.0. The van der Waals surface area contributed by atoms with E-state index in [1.807, 2.05) is 0 Å². The summed E-state index contributed by atoms with van der Waals surface area (Å²) in [6.45, 7) is 11.5. The van der Waals surface area contributed by atoms with Crippen molar-refractivity contribution in [3.8, 4) is 0 Å². The van der Waals surface area contributed by atoms with E-state index in [2.05, 4.69) is 55.3 Å². The number of hydrogen-bond donors (Lipinski definition) is 1. The summed E-state index contributed by atoms with van der Waals surface area (Å²) in [4.78, 5) is 2.66. The van der Waals surface area contributed by atoms with Crippen molar-refractivity contribution in [3.63, 3.8) is 0 Å². The summed E-state index contributed by atoms with van der Waals surface area (Å²) in [5.41, 5.74) is 2.85. The fourth-order valence-corrected chi connectivity index (χ4v) is 2.88. The van der Waals surface area contributed by atoms with Gasteiger partial charge < -0.3 is 5.32 Å². The first-order valence-corrected chi connectivity index (χ1v) is 7.17. The topological polar surface area (TPSA) is 15.3 Å². The van der Waals surface area contributed by atoms with E-state index in [4.69, 9.17) is 0 Å². The standard InChI is InChI=1S/C16H26N2/c1-13(2)16(18-9-7-17-8-10-18)12-15-6-4-5-14(3)11-15/h4-6,11,13,16-17H,7-10,12H2,1-3H3. The molecule has 1 atom stereocenters. The Kier molecular flexibility index (Phi) is 4.79. The lowest BCUT2D eigenvalue weighted by Crippen LogP contribution is -2.50. The van der Waals surface area contributed by atoms with Crippen LogP contribution in [0.4, 0.5) is 0 Å². The van der Waals surface area contributed by atoms with Crippen molar-refractivity contribution < 1.29 is 0 Å². The van der Waals surface area contributed by atoms with Gasteiger partial charge in [0.1, 0.15) is 0 Å². The minimum absolute atomic E-state index is 0.675. The molecule has 0 saturated carbocycles. The molecule has 18 heavy (non-hydrogen) atoms. The average Bonchev–Trinajstić information content (AvgIpc) is 2.37. The average molecular weight is 246 g/mol. The summed E-state index contributed by atoms with van der Waals surface area (Å²) in [5.74, 6) is 0.712. The lowest BCUT2D eigenvalue weighted by atomic mass is 9.93. The summed E-state index contributed by atoms with van der Waals surface area (Å²) < 4.78 is 0. The van der Waals surface area contributed by atoms with Crippen molar-refractivity contribution in [2.24, 2.45) is 5.92 Å². The number of rotatable bonds is 4. The zero-order valence-electron chi connectivity index (χ0n) is 11.9. The van der Waals surface area contributed by atoms with E-state index in [-0.39, 0.29) is 0 Å². The Labute approximate surface area is 111 Å². The summed E-state index contributed by atoms with van der Waals surface area (Å²) in [5, 5.41) is 3.44. The van der Waals surface area contributed by atoms with Gasteiger partial charge in [-0.1, -0.05) is 43.7 Å². The number of aryl methyl sites for hydroxylation is 1. The van der Waals surface area contributed by atoms with Crippen molar-refractivity contribution in [2.75, 3.05) is 26.2 Å². The minimum atomic E-state index is 0.675. The Morgan fingerprint density at radius 1 is 1.22 bits per heavy atom.